The maximum Gasteiger partial charge on any atom is 0.261 e. The zero-order valence-corrected chi connectivity index (χ0v) is 18.3. The summed E-state index contributed by atoms with van der Waals surface area (Å²) in [4.78, 5) is 42.5. The van der Waals surface area contributed by atoms with E-state index in [-0.39, 0.29) is 30.2 Å². The smallest absolute Gasteiger partial charge is 0.261 e. The number of nitrogens with zero attached hydrogens (tertiary/aromatic N) is 4. The van der Waals surface area contributed by atoms with Gasteiger partial charge in [-0.25, -0.2) is 9.67 Å². The molecular formula is C23H25N5O3. The molecule has 2 aromatic heterocycles. The van der Waals surface area contributed by atoms with E-state index in [9.17, 15) is 14.4 Å². The molecule has 0 atom stereocenters. The summed E-state index contributed by atoms with van der Waals surface area (Å²) < 4.78 is 1.91. The lowest BCUT2D eigenvalue weighted by Gasteiger charge is -2.13. The van der Waals surface area contributed by atoms with Gasteiger partial charge in [0.15, 0.2) is 5.65 Å². The Labute approximate surface area is 180 Å². The molecule has 160 valence electrons. The maximum atomic E-state index is 12.6. The van der Waals surface area contributed by atoms with E-state index in [2.05, 4.69) is 24.3 Å². The minimum Gasteiger partial charge on any atom is -0.326 e. The highest BCUT2D eigenvalue weighted by Gasteiger charge is 2.32. The van der Waals surface area contributed by atoms with Crippen molar-refractivity contribution in [3.8, 4) is 0 Å². The normalized spacial score (nSPS) is 13.4. The molecular weight excluding hydrogens is 394 g/mol. The van der Waals surface area contributed by atoms with E-state index in [0.717, 1.165) is 32.8 Å². The average Bonchev–Trinajstić information content (AvgIpc) is 3.23. The summed E-state index contributed by atoms with van der Waals surface area (Å²) in [5, 5.41) is 8.28. The molecule has 0 saturated heterocycles. The van der Waals surface area contributed by atoms with Crippen molar-refractivity contribution in [3.05, 3.63) is 52.3 Å². The van der Waals surface area contributed by atoms with Crippen molar-refractivity contribution in [2.75, 3.05) is 12.4 Å². The Hall–Kier alpha value is -3.55. The largest absolute Gasteiger partial charge is 0.326 e. The third-order valence-electron chi connectivity index (χ3n) is 5.80. The molecule has 1 N–H and O–H groups in total. The summed E-state index contributed by atoms with van der Waals surface area (Å²) in [5.41, 5.74) is 5.06. The van der Waals surface area contributed by atoms with Crippen LogP contribution in [0.3, 0.4) is 0 Å². The van der Waals surface area contributed by atoms with E-state index in [4.69, 9.17) is 4.98 Å². The summed E-state index contributed by atoms with van der Waals surface area (Å²) in [5.74, 6) is -0.849. The van der Waals surface area contributed by atoms with Gasteiger partial charge in [0.1, 0.15) is 0 Å². The quantitative estimate of drug-likeness (QED) is 0.639. The molecule has 3 heterocycles. The van der Waals surface area contributed by atoms with Crippen LogP contribution in [0.5, 0.6) is 0 Å². The fraction of sp³-hybridized carbons (Fsp3) is 0.348. The predicted octanol–water partition coefficient (Wildman–Crippen LogP) is 3.43. The molecule has 0 radical (unpaired) electrons. The van der Waals surface area contributed by atoms with Gasteiger partial charge in [0.25, 0.3) is 11.8 Å². The number of anilines is 1. The van der Waals surface area contributed by atoms with Gasteiger partial charge in [-0.15, -0.1) is 0 Å². The number of fused-ring (bicyclic) bond motifs is 2. The van der Waals surface area contributed by atoms with E-state index in [1.165, 1.54) is 7.05 Å². The maximum absolute atomic E-state index is 12.6. The highest BCUT2D eigenvalue weighted by molar-refractivity contribution is 6.21. The Kier molecular flexibility index (Phi) is 5.08. The third kappa shape index (κ3) is 3.48. The van der Waals surface area contributed by atoms with Crippen LogP contribution in [0.1, 0.15) is 63.8 Å². The van der Waals surface area contributed by atoms with E-state index < -0.39 is 0 Å². The molecule has 3 aromatic rings. The first kappa shape index (κ1) is 20.7. The van der Waals surface area contributed by atoms with Crippen molar-refractivity contribution in [1.29, 1.82) is 0 Å². The molecule has 1 aliphatic heterocycles. The van der Waals surface area contributed by atoms with Crippen LogP contribution >= 0.6 is 0 Å². The third-order valence-corrected chi connectivity index (χ3v) is 5.80. The second-order valence-corrected chi connectivity index (χ2v) is 8.20. The monoisotopic (exact) mass is 419 g/mol. The first-order valence-electron chi connectivity index (χ1n) is 10.3. The summed E-state index contributed by atoms with van der Waals surface area (Å²) in [6, 6.07) is 5.00. The minimum atomic E-state index is -0.358. The van der Waals surface area contributed by atoms with Crippen molar-refractivity contribution >= 4 is 34.4 Å². The van der Waals surface area contributed by atoms with Crippen LogP contribution in [0.15, 0.2) is 24.4 Å². The first-order chi connectivity index (χ1) is 14.7. The number of imide groups is 1. The second kappa shape index (κ2) is 7.61. The van der Waals surface area contributed by atoms with E-state index in [1.807, 2.05) is 24.7 Å². The number of carbonyl (C=O) groups excluding carboxylic acids is 3. The summed E-state index contributed by atoms with van der Waals surface area (Å²) >= 11 is 0. The molecule has 31 heavy (non-hydrogen) atoms. The van der Waals surface area contributed by atoms with Crippen LogP contribution in [-0.4, -0.2) is 44.4 Å². The molecule has 1 aromatic carbocycles. The number of aryl methyl sites for hydroxylation is 2. The van der Waals surface area contributed by atoms with Gasteiger partial charge in [0.05, 0.1) is 17.3 Å². The fourth-order valence-electron chi connectivity index (χ4n) is 4.04. The topological polar surface area (TPSA) is 97.2 Å². The van der Waals surface area contributed by atoms with Crippen molar-refractivity contribution in [2.45, 2.75) is 46.6 Å². The van der Waals surface area contributed by atoms with Crippen LogP contribution in [-0.2, 0) is 11.2 Å². The second-order valence-electron chi connectivity index (χ2n) is 8.20. The average molecular weight is 419 g/mol. The molecule has 1 aliphatic rings. The number of carbonyl (C=O) groups is 3. The van der Waals surface area contributed by atoms with Gasteiger partial charge in [0, 0.05) is 36.3 Å². The van der Waals surface area contributed by atoms with Crippen molar-refractivity contribution in [2.24, 2.45) is 0 Å². The van der Waals surface area contributed by atoms with Gasteiger partial charge in [-0.05, 0) is 63.4 Å². The van der Waals surface area contributed by atoms with Crippen LogP contribution < -0.4 is 5.32 Å². The number of hydrogen-bond donors (Lipinski definition) is 1. The van der Waals surface area contributed by atoms with Gasteiger partial charge < -0.3 is 5.32 Å². The summed E-state index contributed by atoms with van der Waals surface area (Å²) in [6.45, 7) is 8.13. The number of benzene rings is 1. The number of amides is 3. The van der Waals surface area contributed by atoms with Crippen LogP contribution in [0.25, 0.3) is 11.0 Å². The van der Waals surface area contributed by atoms with E-state index in [1.54, 1.807) is 18.2 Å². The Morgan fingerprint density at radius 1 is 1.13 bits per heavy atom. The molecule has 0 fully saturated rings. The van der Waals surface area contributed by atoms with Crippen molar-refractivity contribution in [1.82, 2.24) is 19.7 Å². The zero-order valence-electron chi connectivity index (χ0n) is 18.3. The Bertz CT molecular complexity index is 1240. The SMILES string of the molecule is Cc1nc2c(cnn2C(C)C)c(C)c1CCC(=O)Nc1ccc2c(c1)C(=O)N(C)C2=O. The molecule has 0 unspecified atom stereocenters. The molecule has 0 aliphatic carbocycles. The minimum absolute atomic E-state index is 0.165. The number of hydrogen-bond acceptors (Lipinski definition) is 5. The number of rotatable bonds is 5. The molecule has 4 rings (SSSR count). The van der Waals surface area contributed by atoms with Crippen LogP contribution in [0.2, 0.25) is 0 Å². The fourth-order valence-corrected chi connectivity index (χ4v) is 4.04. The molecule has 8 heteroatoms. The molecule has 8 nitrogen and oxygen atoms in total. The standard InChI is InChI=1S/C23H25N5O3/c1-12(2)28-21-19(11-24-28)13(3)16(14(4)25-21)8-9-20(29)26-15-6-7-17-18(10-15)23(31)27(5)22(17)30/h6-7,10-12H,8-9H2,1-5H3,(H,26,29). The highest BCUT2D eigenvalue weighted by atomic mass is 16.2. The molecule has 0 saturated carbocycles. The number of aromatic nitrogens is 3. The van der Waals surface area contributed by atoms with Gasteiger partial charge in [-0.3, -0.25) is 19.3 Å². The van der Waals surface area contributed by atoms with E-state index >= 15 is 0 Å². The van der Waals surface area contributed by atoms with Gasteiger partial charge in [0.2, 0.25) is 5.91 Å². The number of pyridine rings is 1. The summed E-state index contributed by atoms with van der Waals surface area (Å²) in [6.07, 6.45) is 2.65. The Balaban J connectivity index is 1.49. The van der Waals surface area contributed by atoms with Crippen LogP contribution in [0.4, 0.5) is 5.69 Å². The van der Waals surface area contributed by atoms with Crippen LogP contribution in [0, 0.1) is 13.8 Å². The highest BCUT2D eigenvalue weighted by Crippen LogP contribution is 2.27. The Morgan fingerprint density at radius 2 is 1.84 bits per heavy atom. The Morgan fingerprint density at radius 3 is 2.55 bits per heavy atom. The van der Waals surface area contributed by atoms with Gasteiger partial charge in [-0.2, -0.15) is 5.10 Å². The first-order valence-corrected chi connectivity index (χ1v) is 10.3. The van der Waals surface area contributed by atoms with Crippen molar-refractivity contribution < 1.29 is 14.4 Å². The lowest BCUT2D eigenvalue weighted by atomic mass is 10.00. The number of nitrogens with one attached hydrogen (secondary N) is 1. The predicted molar refractivity (Wildman–Crippen MR) is 117 cm³/mol. The van der Waals surface area contributed by atoms with Crippen molar-refractivity contribution in [3.63, 3.8) is 0 Å². The summed E-state index contributed by atoms with van der Waals surface area (Å²) in [7, 11) is 1.45. The molecule has 3 amide bonds. The zero-order chi connectivity index (χ0) is 22.4. The molecule has 0 bridgehead atoms. The lowest BCUT2D eigenvalue weighted by molar-refractivity contribution is -0.116. The van der Waals surface area contributed by atoms with Gasteiger partial charge in [-0.1, -0.05) is 0 Å². The lowest BCUT2D eigenvalue weighted by Crippen LogP contribution is -2.24. The van der Waals surface area contributed by atoms with E-state index in [0.29, 0.717) is 23.2 Å². The molecule has 0 spiro atoms. The van der Waals surface area contributed by atoms with Gasteiger partial charge >= 0.3 is 0 Å².